The minimum absolute atomic E-state index is 0.212. The van der Waals surface area contributed by atoms with Crippen LogP contribution in [0.15, 0.2) is 17.1 Å². The Bertz CT molecular complexity index is 597. The van der Waals surface area contributed by atoms with Gasteiger partial charge in [-0.25, -0.2) is 4.98 Å². The lowest BCUT2D eigenvalue weighted by molar-refractivity contribution is 0.896. The maximum atomic E-state index is 11.3. The summed E-state index contributed by atoms with van der Waals surface area (Å²) in [5.41, 5.74) is 0.476. The van der Waals surface area contributed by atoms with Crippen molar-refractivity contribution in [1.29, 1.82) is 0 Å². The molecular formula is C10H12N4OS2. The maximum absolute atomic E-state index is 11.3. The molecule has 2 aromatic rings. The van der Waals surface area contributed by atoms with Crippen molar-refractivity contribution in [2.75, 3.05) is 5.32 Å². The fraction of sp³-hybridized carbons (Fsp3) is 0.300. The molecule has 0 saturated heterocycles. The molecule has 0 aliphatic carbocycles. The molecule has 3 N–H and O–H groups in total. The van der Waals surface area contributed by atoms with Gasteiger partial charge in [-0.05, 0) is 26.1 Å². The number of aromatic nitrogens is 3. The number of thiazole rings is 1. The van der Waals surface area contributed by atoms with E-state index >= 15 is 0 Å². The third kappa shape index (κ3) is 3.01. The molecule has 0 amide bonds. The van der Waals surface area contributed by atoms with Crippen molar-refractivity contribution in [3.63, 3.8) is 0 Å². The molecule has 2 heterocycles. The largest absolute Gasteiger partial charge is 0.359 e. The minimum Gasteiger partial charge on any atom is -0.359 e. The van der Waals surface area contributed by atoms with E-state index in [-0.39, 0.29) is 5.56 Å². The highest BCUT2D eigenvalue weighted by Gasteiger charge is 2.06. The number of hydrogen-bond acceptors (Lipinski definition) is 5. The summed E-state index contributed by atoms with van der Waals surface area (Å²) in [6, 6.07) is 1.80. The Morgan fingerprint density at radius 3 is 2.88 bits per heavy atom. The lowest BCUT2D eigenvalue weighted by atomic mass is 10.4. The smallest absolute Gasteiger partial charge is 0.252 e. The van der Waals surface area contributed by atoms with E-state index in [9.17, 15) is 4.79 Å². The summed E-state index contributed by atoms with van der Waals surface area (Å²) < 4.78 is 0.319. The van der Waals surface area contributed by atoms with Crippen molar-refractivity contribution in [3.05, 3.63) is 27.4 Å². The number of aromatic amines is 2. The molecule has 7 heteroatoms. The first kappa shape index (κ1) is 12.0. The Labute approximate surface area is 107 Å². The zero-order valence-corrected chi connectivity index (χ0v) is 11.0. The van der Waals surface area contributed by atoms with Gasteiger partial charge in [0, 0.05) is 18.3 Å². The molecule has 5 nitrogen and oxygen atoms in total. The van der Waals surface area contributed by atoms with E-state index in [1.54, 1.807) is 6.20 Å². The molecule has 2 aromatic heterocycles. The van der Waals surface area contributed by atoms with E-state index in [2.05, 4.69) is 20.3 Å². The number of H-pyrrole nitrogens is 2. The van der Waals surface area contributed by atoms with Gasteiger partial charge in [-0.3, -0.25) is 9.78 Å². The molecule has 0 atom stereocenters. The number of nitrogens with one attached hydrogen (secondary N) is 3. The van der Waals surface area contributed by atoms with Crippen LogP contribution in [0, 0.1) is 4.77 Å². The predicted molar refractivity (Wildman–Crippen MR) is 72.1 cm³/mol. The Morgan fingerprint density at radius 1 is 1.47 bits per heavy atom. The summed E-state index contributed by atoms with van der Waals surface area (Å²) in [5.74, 6) is 0. The Balaban J connectivity index is 2.36. The van der Waals surface area contributed by atoms with Crippen LogP contribution in [-0.4, -0.2) is 21.0 Å². The summed E-state index contributed by atoms with van der Waals surface area (Å²) in [7, 11) is 0. The molecule has 2 rings (SSSR count). The second-order valence-electron chi connectivity index (χ2n) is 3.83. The van der Waals surface area contributed by atoms with Gasteiger partial charge in [0.25, 0.3) is 5.56 Å². The van der Waals surface area contributed by atoms with Crippen LogP contribution in [0.4, 0.5) is 5.13 Å². The predicted octanol–water partition coefficient (Wildman–Crippen LogP) is 2.38. The van der Waals surface area contributed by atoms with E-state index in [4.69, 9.17) is 12.2 Å². The monoisotopic (exact) mass is 268 g/mol. The van der Waals surface area contributed by atoms with Crippen LogP contribution >= 0.6 is 23.6 Å². The van der Waals surface area contributed by atoms with Crippen molar-refractivity contribution in [1.82, 2.24) is 15.0 Å². The molecule has 0 aliphatic rings. The summed E-state index contributed by atoms with van der Waals surface area (Å²) in [6.07, 6.45) is 1.72. The second-order valence-corrected chi connectivity index (χ2v) is 5.27. The SMILES string of the molecule is CC(C)Nc1ncc(-c2cc(=O)[nH]c(=S)[nH]2)s1. The van der Waals surface area contributed by atoms with Crippen LogP contribution < -0.4 is 10.9 Å². The van der Waals surface area contributed by atoms with Crippen molar-refractivity contribution in [2.24, 2.45) is 0 Å². The highest BCUT2D eigenvalue weighted by atomic mass is 32.1. The van der Waals surface area contributed by atoms with Crippen LogP contribution in [0.2, 0.25) is 0 Å². The van der Waals surface area contributed by atoms with Crippen molar-refractivity contribution < 1.29 is 0 Å². The van der Waals surface area contributed by atoms with E-state index in [1.165, 1.54) is 17.4 Å². The molecule has 0 aliphatic heterocycles. The lowest BCUT2D eigenvalue weighted by Crippen LogP contribution is -2.08. The molecule has 0 saturated carbocycles. The number of hydrogen-bond donors (Lipinski definition) is 3. The quantitative estimate of drug-likeness (QED) is 0.747. The number of anilines is 1. The van der Waals surface area contributed by atoms with Gasteiger partial charge in [-0.15, -0.1) is 0 Å². The number of rotatable bonds is 3. The zero-order chi connectivity index (χ0) is 12.4. The van der Waals surface area contributed by atoms with Gasteiger partial charge in [0.2, 0.25) is 0 Å². The van der Waals surface area contributed by atoms with Crippen LogP contribution in [0.5, 0.6) is 0 Å². The van der Waals surface area contributed by atoms with Gasteiger partial charge in [0.15, 0.2) is 9.90 Å². The molecule has 17 heavy (non-hydrogen) atoms. The maximum Gasteiger partial charge on any atom is 0.252 e. The second kappa shape index (κ2) is 4.80. The molecule has 0 fully saturated rings. The van der Waals surface area contributed by atoms with Crippen molar-refractivity contribution >= 4 is 28.7 Å². The van der Waals surface area contributed by atoms with Crippen LogP contribution in [0.3, 0.4) is 0 Å². The van der Waals surface area contributed by atoms with Crippen LogP contribution in [0.1, 0.15) is 13.8 Å². The molecule has 90 valence electrons. The van der Waals surface area contributed by atoms with Crippen molar-refractivity contribution in [3.8, 4) is 10.6 Å². The van der Waals surface area contributed by atoms with Gasteiger partial charge >= 0.3 is 0 Å². The summed E-state index contributed by atoms with van der Waals surface area (Å²) in [6.45, 7) is 4.09. The Hall–Kier alpha value is -1.47. The summed E-state index contributed by atoms with van der Waals surface area (Å²) in [4.78, 5) is 21.8. The van der Waals surface area contributed by atoms with Gasteiger partial charge in [0.1, 0.15) is 0 Å². The van der Waals surface area contributed by atoms with E-state index in [0.717, 1.165) is 10.0 Å². The third-order valence-electron chi connectivity index (χ3n) is 1.94. The zero-order valence-electron chi connectivity index (χ0n) is 9.40. The van der Waals surface area contributed by atoms with Crippen molar-refractivity contribution in [2.45, 2.75) is 19.9 Å². The highest BCUT2D eigenvalue weighted by molar-refractivity contribution is 7.71. The average molecular weight is 268 g/mol. The van der Waals surface area contributed by atoms with E-state index < -0.39 is 0 Å². The molecule has 0 aromatic carbocycles. The fourth-order valence-corrected chi connectivity index (χ4v) is 2.46. The normalized spacial score (nSPS) is 10.8. The van der Waals surface area contributed by atoms with Gasteiger partial charge in [-0.1, -0.05) is 11.3 Å². The van der Waals surface area contributed by atoms with Crippen LogP contribution in [0.25, 0.3) is 10.6 Å². The van der Waals surface area contributed by atoms with Gasteiger partial charge < -0.3 is 10.3 Å². The average Bonchev–Trinajstić information content (AvgIpc) is 2.63. The minimum atomic E-state index is -0.212. The Morgan fingerprint density at radius 2 is 2.24 bits per heavy atom. The molecule has 0 radical (unpaired) electrons. The fourth-order valence-electron chi connectivity index (χ4n) is 1.31. The topological polar surface area (TPSA) is 73.6 Å². The van der Waals surface area contributed by atoms with E-state index in [0.29, 0.717) is 16.5 Å². The summed E-state index contributed by atoms with van der Waals surface area (Å²) >= 11 is 6.40. The van der Waals surface area contributed by atoms with Crippen LogP contribution in [-0.2, 0) is 0 Å². The van der Waals surface area contributed by atoms with Gasteiger partial charge in [0.05, 0.1) is 10.6 Å². The third-order valence-corrected chi connectivity index (χ3v) is 3.11. The number of nitrogens with zero attached hydrogens (tertiary/aromatic N) is 1. The first-order chi connectivity index (χ1) is 8.04. The standard InChI is InChI=1S/C10H12N4OS2/c1-5(2)12-10-11-4-7(17-10)6-3-8(15)14-9(16)13-6/h3-5H,1-2H3,(H,11,12)(H2,13,14,15,16). The highest BCUT2D eigenvalue weighted by Crippen LogP contribution is 2.26. The molecular weight excluding hydrogens is 256 g/mol. The summed E-state index contributed by atoms with van der Waals surface area (Å²) in [5, 5.41) is 4.03. The molecule has 0 bridgehead atoms. The van der Waals surface area contributed by atoms with E-state index in [1.807, 2.05) is 13.8 Å². The first-order valence-corrected chi connectivity index (χ1v) is 6.33. The molecule has 0 unspecified atom stereocenters. The molecule has 0 spiro atoms. The first-order valence-electron chi connectivity index (χ1n) is 5.11. The van der Waals surface area contributed by atoms with Gasteiger partial charge in [-0.2, -0.15) is 0 Å². The lowest BCUT2D eigenvalue weighted by Gasteiger charge is -2.04. The Kier molecular flexibility index (Phi) is 3.39.